The van der Waals surface area contributed by atoms with Crippen LogP contribution in [0.25, 0.3) is 0 Å². The number of benzene rings is 1. The van der Waals surface area contributed by atoms with Crippen LogP contribution < -0.4 is 14.8 Å². The van der Waals surface area contributed by atoms with E-state index in [-0.39, 0.29) is 0 Å². The van der Waals surface area contributed by atoms with Crippen molar-refractivity contribution >= 4 is 5.69 Å². The van der Waals surface area contributed by atoms with Gasteiger partial charge in [-0.2, -0.15) is 0 Å². The lowest BCUT2D eigenvalue weighted by Gasteiger charge is -2.13. The number of rotatable bonds is 6. The van der Waals surface area contributed by atoms with Crippen molar-refractivity contribution in [2.45, 2.75) is 0 Å². The molecule has 0 aliphatic carbocycles. The Morgan fingerprint density at radius 1 is 1.12 bits per heavy atom. The quantitative estimate of drug-likeness (QED) is 0.797. The Morgan fingerprint density at radius 3 is 2.38 bits per heavy atom. The van der Waals surface area contributed by atoms with Gasteiger partial charge in [-0.1, -0.05) is 0 Å². The number of hydrogen-bond acceptors (Lipinski definition) is 4. The van der Waals surface area contributed by atoms with Gasteiger partial charge in [0.15, 0.2) is 11.5 Å². The molecule has 0 heterocycles. The third kappa shape index (κ3) is 3.62. The molecule has 0 spiro atoms. The molecule has 1 aromatic carbocycles. The summed E-state index contributed by atoms with van der Waals surface area (Å²) < 4.78 is 10.4. The Hall–Kier alpha value is -1.42. The van der Waals surface area contributed by atoms with E-state index in [0.29, 0.717) is 0 Å². The first-order valence-electron chi connectivity index (χ1n) is 5.28. The monoisotopic (exact) mass is 224 g/mol. The Morgan fingerprint density at radius 2 is 1.81 bits per heavy atom. The van der Waals surface area contributed by atoms with Crippen molar-refractivity contribution in [2.24, 2.45) is 0 Å². The maximum absolute atomic E-state index is 5.23. The second-order valence-electron chi connectivity index (χ2n) is 3.80. The van der Waals surface area contributed by atoms with Crippen LogP contribution in [0, 0.1) is 0 Å². The molecule has 0 aliphatic rings. The van der Waals surface area contributed by atoms with Crippen LogP contribution in [-0.2, 0) is 0 Å². The molecule has 4 heteroatoms. The average molecular weight is 224 g/mol. The first kappa shape index (κ1) is 12.6. The van der Waals surface area contributed by atoms with Gasteiger partial charge < -0.3 is 19.7 Å². The van der Waals surface area contributed by atoms with Crippen LogP contribution in [0.4, 0.5) is 5.69 Å². The van der Waals surface area contributed by atoms with Gasteiger partial charge >= 0.3 is 0 Å². The summed E-state index contributed by atoms with van der Waals surface area (Å²) in [5.74, 6) is 1.50. The standard InChI is InChI=1S/C12H20N2O2/c1-14(2)8-7-13-10-5-6-11(15-3)12(9-10)16-4/h5-6,9,13H,7-8H2,1-4H3. The fourth-order valence-electron chi connectivity index (χ4n) is 1.37. The normalized spacial score (nSPS) is 10.3. The lowest BCUT2D eigenvalue weighted by molar-refractivity contribution is 0.355. The van der Waals surface area contributed by atoms with Crippen LogP contribution in [0.2, 0.25) is 0 Å². The Balaban J connectivity index is 2.60. The van der Waals surface area contributed by atoms with Gasteiger partial charge in [0.25, 0.3) is 0 Å². The van der Waals surface area contributed by atoms with E-state index >= 15 is 0 Å². The van der Waals surface area contributed by atoms with Crippen molar-refractivity contribution < 1.29 is 9.47 Å². The Bertz CT molecular complexity index is 327. The number of nitrogens with one attached hydrogen (secondary N) is 1. The van der Waals surface area contributed by atoms with E-state index in [9.17, 15) is 0 Å². The highest BCUT2D eigenvalue weighted by molar-refractivity contribution is 5.54. The second kappa shape index (κ2) is 6.23. The number of anilines is 1. The fraction of sp³-hybridized carbons (Fsp3) is 0.500. The van der Waals surface area contributed by atoms with Crippen LogP contribution in [0.15, 0.2) is 18.2 Å². The summed E-state index contributed by atoms with van der Waals surface area (Å²) in [6.07, 6.45) is 0. The molecule has 0 amide bonds. The van der Waals surface area contributed by atoms with Gasteiger partial charge in [0.1, 0.15) is 0 Å². The molecule has 0 aromatic heterocycles. The highest BCUT2D eigenvalue weighted by atomic mass is 16.5. The van der Waals surface area contributed by atoms with Gasteiger partial charge in [-0.25, -0.2) is 0 Å². The third-order valence-electron chi connectivity index (χ3n) is 2.27. The molecular weight excluding hydrogens is 204 g/mol. The van der Waals surface area contributed by atoms with E-state index in [1.54, 1.807) is 14.2 Å². The molecule has 0 bridgehead atoms. The predicted octanol–water partition coefficient (Wildman–Crippen LogP) is 1.68. The van der Waals surface area contributed by atoms with E-state index in [0.717, 1.165) is 30.3 Å². The number of nitrogens with zero attached hydrogens (tertiary/aromatic N) is 1. The number of likely N-dealkylation sites (N-methyl/N-ethyl adjacent to an activating group) is 1. The minimum absolute atomic E-state index is 0.748. The second-order valence-corrected chi connectivity index (χ2v) is 3.80. The molecule has 1 aromatic rings. The third-order valence-corrected chi connectivity index (χ3v) is 2.27. The van der Waals surface area contributed by atoms with Crippen molar-refractivity contribution in [2.75, 3.05) is 46.7 Å². The highest BCUT2D eigenvalue weighted by Gasteiger charge is 2.03. The molecule has 0 saturated heterocycles. The molecule has 0 fully saturated rings. The van der Waals surface area contributed by atoms with Crippen LogP contribution in [0.5, 0.6) is 11.5 Å². The average Bonchev–Trinajstić information content (AvgIpc) is 2.28. The summed E-state index contributed by atoms with van der Waals surface area (Å²) in [5.41, 5.74) is 1.04. The SMILES string of the molecule is COc1ccc(NCCN(C)C)cc1OC. The summed E-state index contributed by atoms with van der Waals surface area (Å²) >= 11 is 0. The van der Waals surface area contributed by atoms with Crippen molar-refractivity contribution in [1.82, 2.24) is 4.90 Å². The minimum atomic E-state index is 0.748. The molecule has 16 heavy (non-hydrogen) atoms. The first-order valence-corrected chi connectivity index (χ1v) is 5.28. The van der Waals surface area contributed by atoms with E-state index in [1.807, 2.05) is 18.2 Å². The highest BCUT2D eigenvalue weighted by Crippen LogP contribution is 2.29. The Kier molecular flexibility index (Phi) is 4.92. The largest absolute Gasteiger partial charge is 0.493 e. The number of hydrogen-bond donors (Lipinski definition) is 1. The molecule has 0 atom stereocenters. The number of ether oxygens (including phenoxy) is 2. The maximum atomic E-state index is 5.23. The van der Waals surface area contributed by atoms with Gasteiger partial charge in [-0.3, -0.25) is 0 Å². The van der Waals surface area contributed by atoms with Crippen LogP contribution in [0.3, 0.4) is 0 Å². The Labute approximate surface area is 97.2 Å². The topological polar surface area (TPSA) is 33.7 Å². The lowest BCUT2D eigenvalue weighted by atomic mass is 10.2. The molecular formula is C12H20N2O2. The van der Waals surface area contributed by atoms with E-state index < -0.39 is 0 Å². The van der Waals surface area contributed by atoms with Gasteiger partial charge in [0.05, 0.1) is 14.2 Å². The van der Waals surface area contributed by atoms with Crippen molar-refractivity contribution in [1.29, 1.82) is 0 Å². The molecule has 1 N–H and O–H groups in total. The molecule has 90 valence electrons. The molecule has 0 aliphatic heterocycles. The summed E-state index contributed by atoms with van der Waals surface area (Å²) in [6.45, 7) is 1.90. The van der Waals surface area contributed by atoms with Crippen LogP contribution in [-0.4, -0.2) is 46.3 Å². The van der Waals surface area contributed by atoms with E-state index in [1.165, 1.54) is 0 Å². The maximum Gasteiger partial charge on any atom is 0.162 e. The van der Waals surface area contributed by atoms with Gasteiger partial charge in [0.2, 0.25) is 0 Å². The fourth-order valence-corrected chi connectivity index (χ4v) is 1.37. The number of methoxy groups -OCH3 is 2. The van der Waals surface area contributed by atoms with Crippen molar-refractivity contribution in [3.8, 4) is 11.5 Å². The van der Waals surface area contributed by atoms with Crippen LogP contribution in [0.1, 0.15) is 0 Å². The summed E-state index contributed by atoms with van der Waals surface area (Å²) in [6, 6.07) is 5.82. The first-order chi connectivity index (χ1) is 7.67. The van der Waals surface area contributed by atoms with Crippen LogP contribution >= 0.6 is 0 Å². The van der Waals surface area contributed by atoms with Crippen molar-refractivity contribution in [3.05, 3.63) is 18.2 Å². The van der Waals surface area contributed by atoms with E-state index in [2.05, 4.69) is 24.3 Å². The molecule has 1 rings (SSSR count). The predicted molar refractivity (Wildman–Crippen MR) is 66.6 cm³/mol. The zero-order chi connectivity index (χ0) is 12.0. The zero-order valence-electron chi connectivity index (χ0n) is 10.4. The summed E-state index contributed by atoms with van der Waals surface area (Å²) in [5, 5.41) is 3.32. The van der Waals surface area contributed by atoms with Crippen molar-refractivity contribution in [3.63, 3.8) is 0 Å². The minimum Gasteiger partial charge on any atom is -0.493 e. The molecule has 4 nitrogen and oxygen atoms in total. The molecule has 0 unspecified atom stereocenters. The van der Waals surface area contributed by atoms with E-state index in [4.69, 9.17) is 9.47 Å². The van der Waals surface area contributed by atoms with Gasteiger partial charge in [-0.05, 0) is 26.2 Å². The molecule has 0 saturated carbocycles. The zero-order valence-corrected chi connectivity index (χ0v) is 10.4. The smallest absolute Gasteiger partial charge is 0.162 e. The summed E-state index contributed by atoms with van der Waals surface area (Å²) in [4.78, 5) is 2.13. The lowest BCUT2D eigenvalue weighted by Crippen LogP contribution is -2.20. The van der Waals surface area contributed by atoms with Gasteiger partial charge in [0, 0.05) is 24.8 Å². The summed E-state index contributed by atoms with van der Waals surface area (Å²) in [7, 11) is 7.38. The van der Waals surface area contributed by atoms with Gasteiger partial charge in [-0.15, -0.1) is 0 Å². The molecule has 0 radical (unpaired) electrons.